The van der Waals surface area contributed by atoms with Crippen molar-refractivity contribution in [2.45, 2.75) is 53.1 Å². The van der Waals surface area contributed by atoms with Gasteiger partial charge in [0.15, 0.2) is 0 Å². The van der Waals surface area contributed by atoms with Gasteiger partial charge >= 0.3 is 0 Å². The fourth-order valence-corrected chi connectivity index (χ4v) is 4.24. The summed E-state index contributed by atoms with van der Waals surface area (Å²) in [7, 11) is 1.84. The molecule has 0 aliphatic carbocycles. The number of aryl methyl sites for hydroxylation is 3. The molecule has 0 unspecified atom stereocenters. The molecule has 3 aromatic rings. The third kappa shape index (κ3) is 3.65. The van der Waals surface area contributed by atoms with Crippen LogP contribution in [0, 0.1) is 6.92 Å². The van der Waals surface area contributed by atoms with Crippen LogP contribution in [-0.2, 0) is 19.5 Å². The monoisotopic (exact) mass is 370 g/mol. The predicted octanol–water partition coefficient (Wildman–Crippen LogP) is 4.44. The van der Waals surface area contributed by atoms with Crippen LogP contribution < -0.4 is 0 Å². The Bertz CT molecular complexity index is 912. The predicted molar refractivity (Wildman–Crippen MR) is 107 cm³/mol. The third-order valence-corrected chi connectivity index (χ3v) is 5.76. The average Bonchev–Trinajstić information content (AvgIpc) is 3.18. The molecule has 0 bridgehead atoms. The topological polar surface area (TPSA) is 51.0 Å². The summed E-state index contributed by atoms with van der Waals surface area (Å²) < 4.78 is 2.17. The number of para-hydroxylation sites is 2. The summed E-state index contributed by atoms with van der Waals surface area (Å²) in [6, 6.07) is 8.10. The number of hydrogen-bond acceptors (Lipinski definition) is 4. The van der Waals surface area contributed by atoms with Gasteiger partial charge in [-0.05, 0) is 38.8 Å². The third-order valence-electron chi connectivity index (χ3n) is 4.55. The Morgan fingerprint density at radius 2 is 2.00 bits per heavy atom. The molecule has 0 saturated heterocycles. The highest BCUT2D eigenvalue weighted by Gasteiger charge is 2.21. The molecule has 0 saturated carbocycles. The van der Waals surface area contributed by atoms with Gasteiger partial charge in [-0.15, -0.1) is 11.3 Å². The highest BCUT2D eigenvalue weighted by molar-refractivity contribution is 7.13. The van der Waals surface area contributed by atoms with Crippen LogP contribution in [0.1, 0.15) is 52.9 Å². The first-order valence-corrected chi connectivity index (χ1v) is 10.0. The summed E-state index contributed by atoms with van der Waals surface area (Å²) in [6.07, 6.45) is 3.19. The molecule has 0 spiro atoms. The first-order valence-electron chi connectivity index (χ1n) is 9.21. The van der Waals surface area contributed by atoms with E-state index < -0.39 is 0 Å². The van der Waals surface area contributed by atoms with Crippen LogP contribution in [0.5, 0.6) is 0 Å². The largest absolute Gasteiger partial charge is 0.333 e. The maximum Gasteiger partial charge on any atom is 0.266 e. The number of rotatable bonds is 7. The second-order valence-electron chi connectivity index (χ2n) is 6.55. The number of imidazole rings is 1. The average molecular weight is 371 g/mol. The van der Waals surface area contributed by atoms with Gasteiger partial charge < -0.3 is 9.47 Å². The Morgan fingerprint density at radius 3 is 2.73 bits per heavy atom. The van der Waals surface area contributed by atoms with Crippen LogP contribution in [0.15, 0.2) is 24.3 Å². The van der Waals surface area contributed by atoms with Crippen molar-refractivity contribution in [3.8, 4) is 0 Å². The minimum Gasteiger partial charge on any atom is -0.333 e. The van der Waals surface area contributed by atoms with Crippen molar-refractivity contribution in [3.63, 3.8) is 0 Å². The number of carbonyl (C=O) groups is 1. The van der Waals surface area contributed by atoms with E-state index in [0.717, 1.165) is 58.2 Å². The SMILES string of the molecule is CCCCc1nc(C)c(C(=O)N(C)Cc2nc3ccccc3n2CC)s1. The Morgan fingerprint density at radius 1 is 1.23 bits per heavy atom. The van der Waals surface area contributed by atoms with E-state index in [0.29, 0.717) is 6.54 Å². The second kappa shape index (κ2) is 7.99. The van der Waals surface area contributed by atoms with Gasteiger partial charge in [-0.2, -0.15) is 0 Å². The summed E-state index contributed by atoms with van der Waals surface area (Å²) in [5.41, 5.74) is 2.92. The lowest BCUT2D eigenvalue weighted by atomic mass is 10.3. The van der Waals surface area contributed by atoms with Crippen molar-refractivity contribution >= 4 is 28.3 Å². The fourth-order valence-electron chi connectivity index (χ4n) is 3.14. The van der Waals surface area contributed by atoms with Crippen molar-refractivity contribution < 1.29 is 4.79 Å². The first-order chi connectivity index (χ1) is 12.5. The number of hydrogen-bond donors (Lipinski definition) is 0. The van der Waals surface area contributed by atoms with E-state index >= 15 is 0 Å². The molecule has 1 amide bonds. The molecular weight excluding hydrogens is 344 g/mol. The van der Waals surface area contributed by atoms with Crippen molar-refractivity contribution in [1.82, 2.24) is 19.4 Å². The molecule has 0 radical (unpaired) electrons. The molecule has 5 nitrogen and oxygen atoms in total. The zero-order valence-electron chi connectivity index (χ0n) is 16.0. The van der Waals surface area contributed by atoms with Gasteiger partial charge in [0.05, 0.1) is 28.3 Å². The van der Waals surface area contributed by atoms with E-state index in [1.54, 1.807) is 4.90 Å². The first kappa shape index (κ1) is 18.6. The quantitative estimate of drug-likeness (QED) is 0.618. The van der Waals surface area contributed by atoms with Crippen molar-refractivity contribution in [3.05, 3.63) is 45.7 Å². The van der Waals surface area contributed by atoms with Gasteiger partial charge in [0.1, 0.15) is 10.7 Å². The number of carbonyl (C=O) groups excluding carboxylic acids is 1. The Hall–Kier alpha value is -2.21. The number of benzene rings is 1. The van der Waals surface area contributed by atoms with Crippen LogP contribution in [-0.4, -0.2) is 32.4 Å². The van der Waals surface area contributed by atoms with Crippen LogP contribution in [0.4, 0.5) is 0 Å². The van der Waals surface area contributed by atoms with Crippen molar-refractivity contribution in [2.75, 3.05) is 7.05 Å². The van der Waals surface area contributed by atoms with Gasteiger partial charge in [0, 0.05) is 13.6 Å². The minimum absolute atomic E-state index is 0.0254. The highest BCUT2D eigenvalue weighted by atomic mass is 32.1. The second-order valence-corrected chi connectivity index (χ2v) is 7.63. The van der Waals surface area contributed by atoms with Crippen molar-refractivity contribution in [1.29, 1.82) is 0 Å². The molecule has 6 heteroatoms. The highest BCUT2D eigenvalue weighted by Crippen LogP contribution is 2.23. The summed E-state index contributed by atoms with van der Waals surface area (Å²) in [5.74, 6) is 0.940. The van der Waals surface area contributed by atoms with Gasteiger partial charge in [-0.25, -0.2) is 9.97 Å². The Labute approximate surface area is 158 Å². The lowest BCUT2D eigenvalue weighted by Crippen LogP contribution is -2.27. The lowest BCUT2D eigenvalue weighted by Gasteiger charge is -2.17. The number of nitrogens with zero attached hydrogens (tertiary/aromatic N) is 4. The fraction of sp³-hybridized carbons (Fsp3) is 0.450. The molecule has 3 rings (SSSR count). The van der Waals surface area contributed by atoms with E-state index in [1.807, 2.05) is 32.2 Å². The van der Waals surface area contributed by atoms with Gasteiger partial charge in [-0.3, -0.25) is 4.79 Å². The van der Waals surface area contributed by atoms with Crippen molar-refractivity contribution in [2.24, 2.45) is 0 Å². The minimum atomic E-state index is 0.0254. The normalized spacial score (nSPS) is 11.2. The van der Waals surface area contributed by atoms with Crippen LogP contribution >= 0.6 is 11.3 Å². The number of thiazole rings is 1. The van der Waals surface area contributed by atoms with Gasteiger partial charge in [0.2, 0.25) is 0 Å². The number of fused-ring (bicyclic) bond motifs is 1. The summed E-state index contributed by atoms with van der Waals surface area (Å²) in [5, 5.41) is 1.06. The molecule has 0 atom stereocenters. The van der Waals surface area contributed by atoms with Crippen LogP contribution in [0.3, 0.4) is 0 Å². The standard InChI is InChI=1S/C20H26N4OS/c1-5-7-12-18-21-14(3)19(26-18)20(25)23(4)13-17-22-15-10-8-9-11-16(15)24(17)6-2/h8-11H,5-7,12-13H2,1-4H3. The van der Waals surface area contributed by atoms with Crippen LogP contribution in [0.2, 0.25) is 0 Å². The molecule has 2 aromatic heterocycles. The molecule has 2 heterocycles. The van der Waals surface area contributed by atoms with E-state index in [4.69, 9.17) is 4.98 Å². The summed E-state index contributed by atoms with van der Waals surface area (Å²) in [6.45, 7) is 7.52. The number of aromatic nitrogens is 3. The molecular formula is C20H26N4OS. The molecule has 0 aliphatic rings. The molecule has 0 aliphatic heterocycles. The molecule has 1 aromatic carbocycles. The molecule has 138 valence electrons. The molecule has 0 fully saturated rings. The van der Waals surface area contributed by atoms with E-state index in [2.05, 4.69) is 29.5 Å². The Balaban J connectivity index is 1.81. The molecule has 26 heavy (non-hydrogen) atoms. The van der Waals surface area contributed by atoms with E-state index in [9.17, 15) is 4.79 Å². The summed E-state index contributed by atoms with van der Waals surface area (Å²) >= 11 is 1.53. The number of unbranched alkanes of at least 4 members (excludes halogenated alkanes) is 1. The Kier molecular flexibility index (Phi) is 5.71. The zero-order valence-corrected chi connectivity index (χ0v) is 16.8. The smallest absolute Gasteiger partial charge is 0.266 e. The lowest BCUT2D eigenvalue weighted by molar-refractivity contribution is 0.0784. The number of amides is 1. The molecule has 0 N–H and O–H groups in total. The zero-order chi connectivity index (χ0) is 18.7. The van der Waals surface area contributed by atoms with E-state index in [1.165, 1.54) is 11.3 Å². The van der Waals surface area contributed by atoms with Crippen LogP contribution in [0.25, 0.3) is 11.0 Å². The maximum absolute atomic E-state index is 12.9. The van der Waals surface area contributed by atoms with E-state index in [-0.39, 0.29) is 5.91 Å². The van der Waals surface area contributed by atoms with Gasteiger partial charge in [-0.1, -0.05) is 25.5 Å². The maximum atomic E-state index is 12.9. The van der Waals surface area contributed by atoms with Gasteiger partial charge in [0.25, 0.3) is 5.91 Å². The summed E-state index contributed by atoms with van der Waals surface area (Å²) in [4.78, 5) is 24.7.